The first-order valence-corrected chi connectivity index (χ1v) is 4.34. The summed E-state index contributed by atoms with van der Waals surface area (Å²) in [7, 11) is 0. The van der Waals surface area contributed by atoms with Gasteiger partial charge in [0, 0.05) is 0 Å². The Morgan fingerprint density at radius 2 is 2.00 bits per heavy atom. The fourth-order valence-electron chi connectivity index (χ4n) is 1.26. The lowest BCUT2D eigenvalue weighted by Gasteiger charge is -2.13. The molecule has 0 aliphatic carbocycles. The molecule has 0 heterocycles. The van der Waals surface area contributed by atoms with Gasteiger partial charge in [-0.1, -0.05) is 12.1 Å². The normalized spacial score (nSPS) is 13.7. The summed E-state index contributed by atoms with van der Waals surface area (Å²) < 4.78 is 37.1. The first-order chi connectivity index (χ1) is 6.86. The van der Waals surface area contributed by atoms with Crippen LogP contribution in [0.2, 0.25) is 0 Å². The van der Waals surface area contributed by atoms with Crippen LogP contribution in [-0.4, -0.2) is 5.11 Å². The summed E-state index contributed by atoms with van der Waals surface area (Å²) >= 11 is 0. The molecular formula is C11H11F3O. The van der Waals surface area contributed by atoms with Gasteiger partial charge in [-0.3, -0.25) is 0 Å². The quantitative estimate of drug-likeness (QED) is 0.752. The number of aliphatic hydroxyl groups excluding tert-OH is 1. The van der Waals surface area contributed by atoms with Crippen molar-refractivity contribution in [2.75, 3.05) is 0 Å². The highest BCUT2D eigenvalue weighted by Crippen LogP contribution is 2.32. The Labute approximate surface area is 85.9 Å². The lowest BCUT2D eigenvalue weighted by molar-refractivity contribution is -0.137. The molecule has 1 unspecified atom stereocenters. The Balaban J connectivity index is 3.22. The van der Waals surface area contributed by atoms with Crippen LogP contribution in [0.1, 0.15) is 22.8 Å². The number of aliphatic hydroxyl groups is 1. The van der Waals surface area contributed by atoms with Crippen LogP contribution in [0, 0.1) is 6.92 Å². The van der Waals surface area contributed by atoms with Crippen molar-refractivity contribution in [2.24, 2.45) is 0 Å². The zero-order valence-corrected chi connectivity index (χ0v) is 8.17. The molecule has 0 aromatic heterocycles. The third-order valence-electron chi connectivity index (χ3n) is 2.15. The Morgan fingerprint density at radius 3 is 2.47 bits per heavy atom. The molecule has 0 amide bonds. The van der Waals surface area contributed by atoms with Gasteiger partial charge < -0.3 is 5.11 Å². The maximum atomic E-state index is 12.4. The average Bonchev–Trinajstić information content (AvgIpc) is 2.15. The predicted octanol–water partition coefficient (Wildman–Crippen LogP) is 3.23. The summed E-state index contributed by atoms with van der Waals surface area (Å²) in [6.07, 6.45) is -4.25. The monoisotopic (exact) mass is 216 g/mol. The second kappa shape index (κ2) is 4.06. The van der Waals surface area contributed by atoms with Gasteiger partial charge in [0.2, 0.25) is 0 Å². The second-order valence-corrected chi connectivity index (χ2v) is 3.25. The molecule has 0 radical (unpaired) electrons. The van der Waals surface area contributed by atoms with E-state index in [1.54, 1.807) is 6.92 Å². The standard InChI is InChI=1S/C11H11F3O/c1-3-10(15)9-6-8(11(12,13)14)5-4-7(9)2/h3-6,10,15H,1H2,2H3. The van der Waals surface area contributed by atoms with E-state index in [0.29, 0.717) is 5.56 Å². The van der Waals surface area contributed by atoms with Gasteiger partial charge in [0.1, 0.15) is 0 Å². The van der Waals surface area contributed by atoms with Crippen molar-refractivity contribution in [3.05, 3.63) is 47.5 Å². The SMILES string of the molecule is C=CC(O)c1cc(C(F)(F)F)ccc1C. The molecule has 1 nitrogen and oxygen atoms in total. The van der Waals surface area contributed by atoms with Crippen LogP contribution < -0.4 is 0 Å². The fourth-order valence-corrected chi connectivity index (χ4v) is 1.26. The highest BCUT2D eigenvalue weighted by molar-refractivity contribution is 5.35. The largest absolute Gasteiger partial charge is 0.416 e. The molecule has 0 fully saturated rings. The smallest absolute Gasteiger partial charge is 0.384 e. The van der Waals surface area contributed by atoms with E-state index in [4.69, 9.17) is 0 Å². The van der Waals surface area contributed by atoms with Crippen molar-refractivity contribution < 1.29 is 18.3 Å². The van der Waals surface area contributed by atoms with E-state index in [9.17, 15) is 18.3 Å². The minimum atomic E-state index is -4.39. The highest BCUT2D eigenvalue weighted by atomic mass is 19.4. The van der Waals surface area contributed by atoms with E-state index >= 15 is 0 Å². The van der Waals surface area contributed by atoms with Crippen LogP contribution in [-0.2, 0) is 6.18 Å². The van der Waals surface area contributed by atoms with Crippen LogP contribution >= 0.6 is 0 Å². The molecule has 1 rings (SSSR count). The highest BCUT2D eigenvalue weighted by Gasteiger charge is 2.31. The van der Waals surface area contributed by atoms with Gasteiger partial charge in [-0.05, 0) is 30.2 Å². The number of benzene rings is 1. The molecule has 82 valence electrons. The number of rotatable bonds is 2. The van der Waals surface area contributed by atoms with E-state index in [1.807, 2.05) is 0 Å². The van der Waals surface area contributed by atoms with Gasteiger partial charge in [-0.15, -0.1) is 6.58 Å². The third-order valence-corrected chi connectivity index (χ3v) is 2.15. The van der Waals surface area contributed by atoms with E-state index in [1.165, 1.54) is 12.1 Å². The third kappa shape index (κ3) is 2.59. The van der Waals surface area contributed by atoms with Crippen LogP contribution in [0.25, 0.3) is 0 Å². The Morgan fingerprint density at radius 1 is 1.40 bits per heavy atom. The van der Waals surface area contributed by atoms with Crippen LogP contribution in [0.4, 0.5) is 13.2 Å². The van der Waals surface area contributed by atoms with Gasteiger partial charge in [0.05, 0.1) is 11.7 Å². The molecule has 1 N–H and O–H groups in total. The van der Waals surface area contributed by atoms with E-state index in [2.05, 4.69) is 6.58 Å². The summed E-state index contributed by atoms with van der Waals surface area (Å²) in [4.78, 5) is 0. The number of hydrogen-bond donors (Lipinski definition) is 1. The molecule has 0 aliphatic heterocycles. The number of aryl methyl sites for hydroxylation is 1. The summed E-state index contributed by atoms with van der Waals surface area (Å²) in [6, 6.07) is 3.28. The molecule has 0 spiro atoms. The van der Waals surface area contributed by atoms with Crippen molar-refractivity contribution in [1.82, 2.24) is 0 Å². The van der Waals surface area contributed by atoms with Crippen LogP contribution in [0.15, 0.2) is 30.9 Å². The summed E-state index contributed by atoms with van der Waals surface area (Å²) in [6.45, 7) is 4.98. The second-order valence-electron chi connectivity index (χ2n) is 3.25. The molecule has 1 atom stereocenters. The Kier molecular flexibility index (Phi) is 3.19. The minimum Gasteiger partial charge on any atom is -0.384 e. The number of alkyl halides is 3. The maximum Gasteiger partial charge on any atom is 0.416 e. The molecule has 0 bridgehead atoms. The van der Waals surface area contributed by atoms with E-state index in [0.717, 1.165) is 12.1 Å². The average molecular weight is 216 g/mol. The molecule has 1 aromatic carbocycles. The molecule has 0 saturated heterocycles. The van der Waals surface area contributed by atoms with Crippen LogP contribution in [0.5, 0.6) is 0 Å². The maximum absolute atomic E-state index is 12.4. The molecule has 15 heavy (non-hydrogen) atoms. The zero-order chi connectivity index (χ0) is 11.6. The van der Waals surface area contributed by atoms with Crippen molar-refractivity contribution in [3.63, 3.8) is 0 Å². The lowest BCUT2D eigenvalue weighted by atomic mass is 10.0. The van der Waals surface area contributed by atoms with Gasteiger partial charge in [0.25, 0.3) is 0 Å². The van der Waals surface area contributed by atoms with E-state index < -0.39 is 17.8 Å². The van der Waals surface area contributed by atoms with Gasteiger partial charge in [0.15, 0.2) is 0 Å². The molecule has 0 saturated carbocycles. The summed E-state index contributed by atoms with van der Waals surface area (Å²) in [5.74, 6) is 0. The first-order valence-electron chi connectivity index (χ1n) is 4.34. The van der Waals surface area contributed by atoms with Crippen molar-refractivity contribution in [3.8, 4) is 0 Å². The van der Waals surface area contributed by atoms with Crippen LogP contribution in [0.3, 0.4) is 0 Å². The number of hydrogen-bond acceptors (Lipinski definition) is 1. The number of halogens is 3. The minimum absolute atomic E-state index is 0.236. The molecule has 1 aromatic rings. The molecule has 0 aliphatic rings. The van der Waals surface area contributed by atoms with Gasteiger partial charge in [-0.25, -0.2) is 0 Å². The fraction of sp³-hybridized carbons (Fsp3) is 0.273. The molecule has 4 heteroatoms. The lowest BCUT2D eigenvalue weighted by Crippen LogP contribution is -2.07. The Hall–Kier alpha value is -1.29. The first kappa shape index (κ1) is 11.8. The van der Waals surface area contributed by atoms with Gasteiger partial charge in [-0.2, -0.15) is 13.2 Å². The zero-order valence-electron chi connectivity index (χ0n) is 8.17. The topological polar surface area (TPSA) is 20.2 Å². The van der Waals surface area contributed by atoms with Crippen molar-refractivity contribution in [2.45, 2.75) is 19.2 Å². The Bertz CT molecular complexity index is 369. The summed E-state index contributed by atoms with van der Waals surface area (Å²) in [5, 5.41) is 9.41. The van der Waals surface area contributed by atoms with E-state index in [-0.39, 0.29) is 5.56 Å². The van der Waals surface area contributed by atoms with Gasteiger partial charge >= 0.3 is 6.18 Å². The summed E-state index contributed by atoms with van der Waals surface area (Å²) in [5.41, 5.74) is 0.0826. The predicted molar refractivity (Wildman–Crippen MR) is 51.3 cm³/mol. The molecular weight excluding hydrogens is 205 g/mol. The van der Waals surface area contributed by atoms with Crippen molar-refractivity contribution >= 4 is 0 Å². The van der Waals surface area contributed by atoms with Crippen molar-refractivity contribution in [1.29, 1.82) is 0 Å².